The van der Waals surface area contributed by atoms with Crippen LogP contribution in [0.1, 0.15) is 38.7 Å². The largest absolute Gasteiger partial charge is 0.497 e. The Kier molecular flexibility index (Phi) is 7.10. The molecule has 0 aromatic heterocycles. The lowest BCUT2D eigenvalue weighted by Gasteiger charge is -2.32. The van der Waals surface area contributed by atoms with E-state index >= 15 is 0 Å². The number of hydrogen-bond donors (Lipinski definition) is 3. The Hall–Kier alpha value is -1.63. The van der Waals surface area contributed by atoms with Crippen molar-refractivity contribution in [3.05, 3.63) is 29.8 Å². The van der Waals surface area contributed by atoms with Gasteiger partial charge in [-0.1, -0.05) is 12.1 Å². The quantitative estimate of drug-likeness (QED) is 0.680. The molecule has 0 aliphatic carbocycles. The first-order valence-electron chi connectivity index (χ1n) is 10.2. The molecule has 2 aliphatic heterocycles. The van der Waals surface area contributed by atoms with Crippen molar-refractivity contribution in [3.63, 3.8) is 0 Å². The fraction of sp³-hybridized carbons (Fsp3) is 0.667. The van der Waals surface area contributed by atoms with E-state index in [9.17, 15) is 4.79 Å². The molecule has 3 N–H and O–H groups in total. The summed E-state index contributed by atoms with van der Waals surface area (Å²) >= 11 is 0. The molecule has 0 spiro atoms. The number of hydrogen-bond acceptors (Lipinski definition) is 5. The van der Waals surface area contributed by atoms with Crippen LogP contribution in [0.3, 0.4) is 0 Å². The zero-order valence-corrected chi connectivity index (χ0v) is 16.8. The van der Waals surface area contributed by atoms with E-state index < -0.39 is 0 Å². The molecule has 6 heteroatoms. The molecule has 2 heterocycles. The maximum Gasteiger partial charge on any atom is 0.223 e. The van der Waals surface area contributed by atoms with Crippen LogP contribution in [0.2, 0.25) is 0 Å². The molecular weight excluding hydrogens is 340 g/mol. The van der Waals surface area contributed by atoms with Gasteiger partial charge in [-0.05, 0) is 76.4 Å². The predicted molar refractivity (Wildman–Crippen MR) is 107 cm³/mol. The van der Waals surface area contributed by atoms with Gasteiger partial charge in [0, 0.05) is 24.5 Å². The van der Waals surface area contributed by atoms with Gasteiger partial charge in [0.05, 0.1) is 7.11 Å². The number of carbonyl (C=O) groups excluding carboxylic acids is 1. The summed E-state index contributed by atoms with van der Waals surface area (Å²) in [5.74, 6) is 1.85. The number of ether oxygens (including phenoxy) is 1. The van der Waals surface area contributed by atoms with Gasteiger partial charge < -0.3 is 15.0 Å². The van der Waals surface area contributed by atoms with Gasteiger partial charge in [-0.3, -0.25) is 15.6 Å². The Morgan fingerprint density at radius 2 is 1.78 bits per heavy atom. The third-order valence-corrected chi connectivity index (χ3v) is 6.19. The van der Waals surface area contributed by atoms with Crippen LogP contribution in [0.15, 0.2) is 24.3 Å². The topological polar surface area (TPSA) is 65.6 Å². The van der Waals surface area contributed by atoms with Crippen molar-refractivity contribution in [1.29, 1.82) is 0 Å². The molecule has 0 radical (unpaired) electrons. The Morgan fingerprint density at radius 3 is 2.37 bits per heavy atom. The maximum absolute atomic E-state index is 12.5. The highest BCUT2D eigenvalue weighted by molar-refractivity contribution is 5.78. The lowest BCUT2D eigenvalue weighted by Crippen LogP contribution is -2.41. The predicted octanol–water partition coefficient (Wildman–Crippen LogP) is 1.91. The molecule has 2 unspecified atom stereocenters. The summed E-state index contributed by atoms with van der Waals surface area (Å²) in [6.07, 6.45) is 3.12. The molecular formula is C21H34N4O2. The number of methoxy groups -OCH3 is 1. The average molecular weight is 375 g/mol. The van der Waals surface area contributed by atoms with E-state index in [1.165, 1.54) is 6.42 Å². The van der Waals surface area contributed by atoms with Gasteiger partial charge in [0.25, 0.3) is 0 Å². The first kappa shape index (κ1) is 20.1. The van der Waals surface area contributed by atoms with Gasteiger partial charge in [-0.15, -0.1) is 0 Å². The minimum absolute atomic E-state index is 0.146. The highest BCUT2D eigenvalue weighted by Crippen LogP contribution is 2.22. The zero-order valence-electron chi connectivity index (χ0n) is 16.8. The molecule has 3 rings (SSSR count). The Balaban J connectivity index is 1.36. The smallest absolute Gasteiger partial charge is 0.223 e. The average Bonchev–Trinajstić information content (AvgIpc) is 3.03. The number of amides is 1. The van der Waals surface area contributed by atoms with Gasteiger partial charge in [-0.25, -0.2) is 0 Å². The van der Waals surface area contributed by atoms with Crippen molar-refractivity contribution in [2.45, 2.75) is 51.7 Å². The van der Waals surface area contributed by atoms with Crippen LogP contribution in [0.5, 0.6) is 5.75 Å². The van der Waals surface area contributed by atoms with Crippen LogP contribution < -0.4 is 20.9 Å². The van der Waals surface area contributed by atoms with E-state index in [0.717, 1.165) is 43.8 Å². The van der Waals surface area contributed by atoms with Crippen LogP contribution in [0.4, 0.5) is 0 Å². The molecule has 0 saturated carbocycles. The van der Waals surface area contributed by atoms with Gasteiger partial charge in [0.1, 0.15) is 5.75 Å². The minimum atomic E-state index is 0.146. The van der Waals surface area contributed by atoms with E-state index in [1.807, 2.05) is 24.3 Å². The van der Waals surface area contributed by atoms with E-state index in [1.54, 1.807) is 7.11 Å². The lowest BCUT2D eigenvalue weighted by molar-refractivity contribution is -0.126. The third kappa shape index (κ3) is 5.43. The molecule has 150 valence electrons. The van der Waals surface area contributed by atoms with Crippen molar-refractivity contribution >= 4 is 5.91 Å². The van der Waals surface area contributed by atoms with E-state index in [2.05, 4.69) is 34.9 Å². The first-order chi connectivity index (χ1) is 13.1. The van der Waals surface area contributed by atoms with Crippen molar-refractivity contribution in [1.82, 2.24) is 21.1 Å². The summed E-state index contributed by atoms with van der Waals surface area (Å²) in [7, 11) is 1.66. The van der Waals surface area contributed by atoms with E-state index in [-0.39, 0.29) is 11.8 Å². The fourth-order valence-electron chi connectivity index (χ4n) is 4.24. The van der Waals surface area contributed by atoms with Crippen molar-refractivity contribution in [2.24, 2.45) is 11.8 Å². The standard InChI is InChI=1S/C21H34N4O2/c1-15-20(16(2)24-23-15)10-13-25-11-8-18(9-12-25)21(26)22-14-17-4-6-19(27-3)7-5-17/h4-7,15-16,18,20,23-24H,8-14H2,1-3H3,(H,22,26). The number of benzene rings is 1. The zero-order chi connectivity index (χ0) is 19.2. The Bertz CT molecular complexity index is 589. The molecule has 2 aliphatic rings. The van der Waals surface area contributed by atoms with Gasteiger partial charge in [0.2, 0.25) is 5.91 Å². The number of carbonyl (C=O) groups is 1. The second kappa shape index (κ2) is 9.53. The second-order valence-corrected chi connectivity index (χ2v) is 8.00. The number of likely N-dealkylation sites (tertiary alicyclic amines) is 1. The first-order valence-corrected chi connectivity index (χ1v) is 10.2. The SMILES string of the molecule is COc1ccc(CNC(=O)C2CCN(CCC3C(C)NNC3C)CC2)cc1. The summed E-state index contributed by atoms with van der Waals surface area (Å²) in [5, 5.41) is 3.09. The van der Waals surface area contributed by atoms with Crippen LogP contribution in [0.25, 0.3) is 0 Å². The number of rotatable bonds is 7. The fourth-order valence-corrected chi connectivity index (χ4v) is 4.24. The molecule has 6 nitrogen and oxygen atoms in total. The van der Waals surface area contributed by atoms with Gasteiger partial charge in [-0.2, -0.15) is 0 Å². The molecule has 1 aromatic carbocycles. The normalized spacial score (nSPS) is 26.9. The molecule has 2 saturated heterocycles. The van der Waals surface area contributed by atoms with Crippen LogP contribution in [0, 0.1) is 11.8 Å². The summed E-state index contributed by atoms with van der Waals surface area (Å²) in [5.41, 5.74) is 7.77. The molecule has 27 heavy (non-hydrogen) atoms. The Labute approximate surface area is 163 Å². The molecule has 0 bridgehead atoms. The maximum atomic E-state index is 12.5. The van der Waals surface area contributed by atoms with Crippen LogP contribution >= 0.6 is 0 Å². The van der Waals surface area contributed by atoms with Gasteiger partial charge >= 0.3 is 0 Å². The van der Waals surface area contributed by atoms with Crippen molar-refractivity contribution in [2.75, 3.05) is 26.7 Å². The summed E-state index contributed by atoms with van der Waals surface area (Å²) in [6.45, 7) is 8.26. The van der Waals surface area contributed by atoms with Crippen molar-refractivity contribution in [3.8, 4) is 5.75 Å². The van der Waals surface area contributed by atoms with Gasteiger partial charge in [0.15, 0.2) is 0 Å². The molecule has 2 atom stereocenters. The summed E-state index contributed by atoms with van der Waals surface area (Å²) in [4.78, 5) is 15.0. The summed E-state index contributed by atoms with van der Waals surface area (Å²) < 4.78 is 5.17. The number of nitrogens with zero attached hydrogens (tertiary/aromatic N) is 1. The highest BCUT2D eigenvalue weighted by atomic mass is 16.5. The number of hydrazine groups is 1. The summed E-state index contributed by atoms with van der Waals surface area (Å²) in [6, 6.07) is 8.91. The molecule has 2 fully saturated rings. The third-order valence-electron chi connectivity index (χ3n) is 6.19. The number of piperidine rings is 1. The van der Waals surface area contributed by atoms with E-state index in [4.69, 9.17) is 4.74 Å². The highest BCUT2D eigenvalue weighted by Gasteiger charge is 2.31. The molecule has 1 aromatic rings. The second-order valence-electron chi connectivity index (χ2n) is 8.00. The lowest BCUT2D eigenvalue weighted by atomic mass is 9.91. The number of nitrogens with one attached hydrogen (secondary N) is 3. The monoisotopic (exact) mass is 374 g/mol. The molecule has 1 amide bonds. The van der Waals surface area contributed by atoms with Crippen LogP contribution in [-0.2, 0) is 11.3 Å². The minimum Gasteiger partial charge on any atom is -0.497 e. The van der Waals surface area contributed by atoms with Crippen molar-refractivity contribution < 1.29 is 9.53 Å². The van der Waals surface area contributed by atoms with Crippen LogP contribution in [-0.4, -0.2) is 49.6 Å². The Morgan fingerprint density at radius 1 is 1.15 bits per heavy atom. The van der Waals surface area contributed by atoms with E-state index in [0.29, 0.717) is 24.5 Å².